The highest BCUT2D eigenvalue weighted by atomic mass is 35.5. The molecular weight excluding hydrogens is 326 g/mol. The SMILES string of the molecule is N#Cc1cccc(NC(=O)CC(=O)NCCc2cccc(Cl)c2)c1. The maximum absolute atomic E-state index is 11.8. The van der Waals surface area contributed by atoms with E-state index in [4.69, 9.17) is 16.9 Å². The molecule has 2 aromatic carbocycles. The lowest BCUT2D eigenvalue weighted by molar-refractivity contribution is -0.126. The molecule has 122 valence electrons. The van der Waals surface area contributed by atoms with Gasteiger partial charge in [0.1, 0.15) is 6.42 Å². The summed E-state index contributed by atoms with van der Waals surface area (Å²) in [6, 6.07) is 15.9. The lowest BCUT2D eigenvalue weighted by Gasteiger charge is -2.07. The van der Waals surface area contributed by atoms with Crippen molar-refractivity contribution in [1.82, 2.24) is 5.32 Å². The largest absolute Gasteiger partial charge is 0.355 e. The summed E-state index contributed by atoms with van der Waals surface area (Å²) in [5.74, 6) is -0.781. The first-order valence-corrected chi connectivity index (χ1v) is 7.76. The highest BCUT2D eigenvalue weighted by Gasteiger charge is 2.09. The minimum atomic E-state index is -0.426. The number of anilines is 1. The van der Waals surface area contributed by atoms with E-state index in [1.165, 1.54) is 0 Å². The molecule has 2 N–H and O–H groups in total. The molecule has 24 heavy (non-hydrogen) atoms. The van der Waals surface area contributed by atoms with Gasteiger partial charge in [0.25, 0.3) is 0 Å². The van der Waals surface area contributed by atoms with Crippen molar-refractivity contribution in [1.29, 1.82) is 5.26 Å². The number of nitrogens with one attached hydrogen (secondary N) is 2. The Bertz CT molecular complexity index is 784. The first-order valence-electron chi connectivity index (χ1n) is 7.38. The molecule has 2 amide bonds. The van der Waals surface area contributed by atoms with Gasteiger partial charge in [-0.2, -0.15) is 5.26 Å². The van der Waals surface area contributed by atoms with E-state index in [-0.39, 0.29) is 12.3 Å². The Morgan fingerprint density at radius 3 is 2.62 bits per heavy atom. The molecule has 6 heteroatoms. The van der Waals surface area contributed by atoms with Crippen molar-refractivity contribution in [2.45, 2.75) is 12.8 Å². The van der Waals surface area contributed by atoms with E-state index in [2.05, 4.69) is 10.6 Å². The number of hydrogen-bond donors (Lipinski definition) is 2. The monoisotopic (exact) mass is 341 g/mol. The van der Waals surface area contributed by atoms with Gasteiger partial charge in [0.15, 0.2) is 0 Å². The van der Waals surface area contributed by atoms with E-state index in [1.54, 1.807) is 30.3 Å². The topological polar surface area (TPSA) is 82.0 Å². The maximum atomic E-state index is 11.8. The summed E-state index contributed by atoms with van der Waals surface area (Å²) >= 11 is 5.89. The number of hydrogen-bond acceptors (Lipinski definition) is 3. The van der Waals surface area contributed by atoms with E-state index in [0.29, 0.717) is 29.2 Å². The Morgan fingerprint density at radius 2 is 1.88 bits per heavy atom. The summed E-state index contributed by atoms with van der Waals surface area (Å²) in [7, 11) is 0. The van der Waals surface area contributed by atoms with Crippen LogP contribution in [0.1, 0.15) is 17.5 Å². The summed E-state index contributed by atoms with van der Waals surface area (Å²) in [4.78, 5) is 23.6. The van der Waals surface area contributed by atoms with Gasteiger partial charge in [-0.1, -0.05) is 29.8 Å². The average molecular weight is 342 g/mol. The Balaban J connectivity index is 1.75. The van der Waals surface area contributed by atoms with Crippen molar-refractivity contribution < 1.29 is 9.59 Å². The number of nitrogens with zero attached hydrogens (tertiary/aromatic N) is 1. The van der Waals surface area contributed by atoms with Crippen molar-refractivity contribution >= 4 is 29.1 Å². The van der Waals surface area contributed by atoms with E-state index < -0.39 is 5.91 Å². The molecule has 0 saturated carbocycles. The number of benzene rings is 2. The highest BCUT2D eigenvalue weighted by molar-refractivity contribution is 6.30. The van der Waals surface area contributed by atoms with Crippen molar-refractivity contribution in [3.63, 3.8) is 0 Å². The zero-order chi connectivity index (χ0) is 17.4. The van der Waals surface area contributed by atoms with E-state index in [0.717, 1.165) is 5.56 Å². The van der Waals surface area contributed by atoms with Gasteiger partial charge in [0.05, 0.1) is 11.6 Å². The quantitative estimate of drug-likeness (QED) is 0.792. The van der Waals surface area contributed by atoms with E-state index >= 15 is 0 Å². The molecule has 0 saturated heterocycles. The van der Waals surface area contributed by atoms with Crippen LogP contribution in [0.3, 0.4) is 0 Å². The van der Waals surface area contributed by atoms with E-state index in [1.807, 2.05) is 24.3 Å². The van der Waals surface area contributed by atoms with Gasteiger partial charge in [-0.3, -0.25) is 9.59 Å². The lowest BCUT2D eigenvalue weighted by atomic mass is 10.1. The van der Waals surface area contributed by atoms with Gasteiger partial charge in [0.2, 0.25) is 11.8 Å². The van der Waals surface area contributed by atoms with Crippen LogP contribution < -0.4 is 10.6 Å². The summed E-state index contributed by atoms with van der Waals surface area (Å²) in [6.07, 6.45) is 0.366. The van der Waals surface area contributed by atoms with Gasteiger partial charge >= 0.3 is 0 Å². The number of carbonyl (C=O) groups excluding carboxylic acids is 2. The van der Waals surface area contributed by atoms with Crippen molar-refractivity contribution in [3.05, 3.63) is 64.7 Å². The van der Waals surface area contributed by atoms with Gasteiger partial charge in [-0.15, -0.1) is 0 Å². The lowest BCUT2D eigenvalue weighted by Crippen LogP contribution is -2.29. The first-order chi connectivity index (χ1) is 11.6. The van der Waals surface area contributed by atoms with Crippen LogP contribution in [0.15, 0.2) is 48.5 Å². The standard InChI is InChI=1S/C18H16ClN3O2/c19-15-5-1-3-13(9-15)7-8-21-17(23)11-18(24)22-16-6-2-4-14(10-16)12-20/h1-6,9-10H,7-8,11H2,(H,21,23)(H,22,24). The fourth-order valence-corrected chi connectivity index (χ4v) is 2.33. The second-order valence-electron chi connectivity index (χ2n) is 5.15. The molecule has 0 aliphatic carbocycles. The number of halogens is 1. The number of nitriles is 1. The average Bonchev–Trinajstić information content (AvgIpc) is 2.55. The van der Waals surface area contributed by atoms with Gasteiger partial charge in [-0.05, 0) is 42.3 Å². The third-order valence-corrected chi connectivity index (χ3v) is 3.46. The summed E-state index contributed by atoms with van der Waals surface area (Å²) in [5.41, 5.74) is 1.95. The summed E-state index contributed by atoms with van der Waals surface area (Å²) in [6.45, 7) is 0.427. The molecule has 2 rings (SSSR count). The van der Waals surface area contributed by atoms with Gasteiger partial charge in [-0.25, -0.2) is 0 Å². The first kappa shape index (κ1) is 17.5. The fraction of sp³-hybridized carbons (Fsp3) is 0.167. The van der Waals surface area contributed by atoms with Gasteiger partial charge in [0, 0.05) is 17.3 Å². The van der Waals surface area contributed by atoms with Gasteiger partial charge < -0.3 is 10.6 Å². The molecule has 0 aromatic heterocycles. The summed E-state index contributed by atoms with van der Waals surface area (Å²) in [5, 5.41) is 14.8. The van der Waals surface area contributed by atoms with Crippen LogP contribution in [-0.2, 0) is 16.0 Å². The Labute approximate surface area is 145 Å². The minimum absolute atomic E-state index is 0.272. The molecule has 5 nitrogen and oxygen atoms in total. The van der Waals surface area contributed by atoms with Crippen LogP contribution in [0.5, 0.6) is 0 Å². The third kappa shape index (κ3) is 5.75. The fourth-order valence-electron chi connectivity index (χ4n) is 2.12. The van der Waals surface area contributed by atoms with Crippen LogP contribution in [-0.4, -0.2) is 18.4 Å². The Morgan fingerprint density at radius 1 is 1.08 bits per heavy atom. The predicted octanol–water partition coefficient (Wildman–Crippen LogP) is 2.90. The van der Waals surface area contributed by atoms with Crippen molar-refractivity contribution in [2.75, 3.05) is 11.9 Å². The number of rotatable bonds is 6. The molecule has 0 unspecified atom stereocenters. The van der Waals surface area contributed by atoms with Crippen LogP contribution in [0, 0.1) is 11.3 Å². The number of carbonyl (C=O) groups is 2. The van der Waals surface area contributed by atoms with Crippen LogP contribution in [0.4, 0.5) is 5.69 Å². The van der Waals surface area contributed by atoms with Crippen molar-refractivity contribution in [2.24, 2.45) is 0 Å². The van der Waals surface area contributed by atoms with Crippen LogP contribution in [0.2, 0.25) is 5.02 Å². The molecule has 0 heterocycles. The molecule has 0 atom stereocenters. The Hall–Kier alpha value is -2.84. The van der Waals surface area contributed by atoms with Crippen molar-refractivity contribution in [3.8, 4) is 6.07 Å². The molecule has 0 aliphatic heterocycles. The highest BCUT2D eigenvalue weighted by Crippen LogP contribution is 2.11. The normalized spacial score (nSPS) is 9.83. The number of amides is 2. The molecule has 0 spiro atoms. The zero-order valence-electron chi connectivity index (χ0n) is 12.9. The second-order valence-corrected chi connectivity index (χ2v) is 5.58. The van der Waals surface area contributed by atoms with Crippen LogP contribution in [0.25, 0.3) is 0 Å². The van der Waals surface area contributed by atoms with E-state index in [9.17, 15) is 9.59 Å². The minimum Gasteiger partial charge on any atom is -0.355 e. The zero-order valence-corrected chi connectivity index (χ0v) is 13.6. The summed E-state index contributed by atoms with van der Waals surface area (Å²) < 4.78 is 0. The Kier molecular flexibility index (Phi) is 6.35. The molecule has 2 aromatic rings. The smallest absolute Gasteiger partial charge is 0.233 e. The second kappa shape index (κ2) is 8.70. The molecule has 0 aliphatic rings. The molecule has 0 fully saturated rings. The molecule has 0 bridgehead atoms. The third-order valence-electron chi connectivity index (χ3n) is 3.22. The van der Waals surface area contributed by atoms with Crippen LogP contribution >= 0.6 is 11.6 Å². The predicted molar refractivity (Wildman–Crippen MR) is 92.6 cm³/mol. The molecule has 0 radical (unpaired) electrons. The maximum Gasteiger partial charge on any atom is 0.233 e. The molecular formula is C18H16ClN3O2.